The van der Waals surface area contributed by atoms with Crippen LogP contribution < -0.4 is 0 Å². The predicted molar refractivity (Wildman–Crippen MR) is 96.2 cm³/mol. The quantitative estimate of drug-likeness (QED) is 0.836. The Hall–Kier alpha value is -1.40. The molecular formula is C18H28N2O3S. The Labute approximate surface area is 145 Å². The van der Waals surface area contributed by atoms with Crippen molar-refractivity contribution in [2.24, 2.45) is 0 Å². The first-order chi connectivity index (χ1) is 10.9. The average Bonchev–Trinajstić information content (AvgIpc) is 2.40. The molecule has 2 rings (SSSR count). The minimum absolute atomic E-state index is 0.0529. The highest BCUT2D eigenvalue weighted by atomic mass is 32.2. The van der Waals surface area contributed by atoms with Crippen LogP contribution in [-0.2, 0) is 20.6 Å². The predicted octanol–water partition coefficient (Wildman–Crippen LogP) is 2.46. The molecule has 0 atom stereocenters. The monoisotopic (exact) mass is 352 g/mol. The van der Waals surface area contributed by atoms with Gasteiger partial charge in [-0.3, -0.25) is 4.79 Å². The topological polar surface area (TPSA) is 57.7 Å². The highest BCUT2D eigenvalue weighted by Gasteiger charge is 2.43. The zero-order valence-electron chi connectivity index (χ0n) is 15.5. The Bertz CT molecular complexity index is 739. The third-order valence-corrected chi connectivity index (χ3v) is 6.37. The molecule has 0 aliphatic carbocycles. The van der Waals surface area contributed by atoms with Crippen molar-refractivity contribution in [3.05, 3.63) is 34.9 Å². The number of amides is 1. The number of benzene rings is 1. The average molecular weight is 353 g/mol. The Morgan fingerprint density at radius 1 is 1.17 bits per heavy atom. The number of rotatable bonds is 4. The Balaban J connectivity index is 2.24. The maximum absolute atomic E-state index is 12.8. The first-order valence-corrected chi connectivity index (χ1v) is 9.91. The third kappa shape index (κ3) is 3.81. The molecule has 0 saturated carbocycles. The summed E-state index contributed by atoms with van der Waals surface area (Å²) in [5, 5.41) is 0. The molecule has 1 aliphatic rings. The van der Waals surface area contributed by atoms with Crippen LogP contribution in [0.4, 0.5) is 0 Å². The summed E-state index contributed by atoms with van der Waals surface area (Å²) in [4.78, 5) is 14.3. The maximum Gasteiger partial charge on any atom is 0.238 e. The summed E-state index contributed by atoms with van der Waals surface area (Å²) in [7, 11) is -3.53. The van der Waals surface area contributed by atoms with E-state index in [2.05, 4.69) is 0 Å². The van der Waals surface area contributed by atoms with E-state index in [0.29, 0.717) is 6.54 Å². The lowest BCUT2D eigenvalue weighted by Gasteiger charge is -2.48. The summed E-state index contributed by atoms with van der Waals surface area (Å²) in [6.07, 6.45) is 0. The molecule has 134 valence electrons. The third-order valence-electron chi connectivity index (χ3n) is 4.63. The van der Waals surface area contributed by atoms with Gasteiger partial charge in [0.1, 0.15) is 0 Å². The van der Waals surface area contributed by atoms with Crippen LogP contribution in [0.5, 0.6) is 0 Å². The summed E-state index contributed by atoms with van der Waals surface area (Å²) < 4.78 is 27.0. The first kappa shape index (κ1) is 18.9. The van der Waals surface area contributed by atoms with Crippen molar-refractivity contribution in [3.8, 4) is 0 Å². The van der Waals surface area contributed by atoms with E-state index in [4.69, 9.17) is 0 Å². The first-order valence-electron chi connectivity index (χ1n) is 8.30. The normalized spacial score (nSPS) is 19.1. The second-order valence-corrected chi connectivity index (χ2v) is 9.58. The molecule has 1 fully saturated rings. The smallest absolute Gasteiger partial charge is 0.238 e. The van der Waals surface area contributed by atoms with E-state index in [-0.39, 0.29) is 24.2 Å². The largest absolute Gasteiger partial charge is 0.333 e. The van der Waals surface area contributed by atoms with Crippen LogP contribution in [0, 0.1) is 13.8 Å². The number of hydrogen-bond donors (Lipinski definition) is 0. The number of sulfonamides is 1. The molecule has 0 radical (unpaired) electrons. The molecule has 1 aromatic rings. The molecule has 1 aromatic carbocycles. The van der Waals surface area contributed by atoms with Crippen LogP contribution >= 0.6 is 0 Å². The van der Waals surface area contributed by atoms with Gasteiger partial charge in [-0.1, -0.05) is 18.2 Å². The maximum atomic E-state index is 12.8. The highest BCUT2D eigenvalue weighted by molar-refractivity contribution is 7.88. The molecule has 6 heteroatoms. The fourth-order valence-electron chi connectivity index (χ4n) is 3.51. The van der Waals surface area contributed by atoms with Gasteiger partial charge in [0.15, 0.2) is 0 Å². The zero-order valence-corrected chi connectivity index (χ0v) is 16.3. The highest BCUT2D eigenvalue weighted by Crippen LogP contribution is 2.27. The van der Waals surface area contributed by atoms with E-state index >= 15 is 0 Å². The van der Waals surface area contributed by atoms with E-state index in [9.17, 15) is 13.2 Å². The molecule has 1 saturated heterocycles. The summed E-state index contributed by atoms with van der Waals surface area (Å²) in [5.74, 6) is -0.205. The van der Waals surface area contributed by atoms with Crippen molar-refractivity contribution in [2.45, 2.75) is 58.9 Å². The van der Waals surface area contributed by atoms with Gasteiger partial charge in [0.2, 0.25) is 15.9 Å². The van der Waals surface area contributed by atoms with Gasteiger partial charge in [0.25, 0.3) is 0 Å². The minimum Gasteiger partial charge on any atom is -0.333 e. The Kier molecular flexibility index (Phi) is 5.11. The zero-order chi connectivity index (χ0) is 18.3. The molecular weight excluding hydrogens is 324 g/mol. The lowest BCUT2D eigenvalue weighted by atomic mass is 9.98. The van der Waals surface area contributed by atoms with Crippen LogP contribution in [0.3, 0.4) is 0 Å². The van der Waals surface area contributed by atoms with Gasteiger partial charge in [-0.2, -0.15) is 4.31 Å². The van der Waals surface area contributed by atoms with E-state index in [1.54, 1.807) is 4.90 Å². The lowest BCUT2D eigenvalue weighted by molar-refractivity contribution is -0.144. The van der Waals surface area contributed by atoms with Gasteiger partial charge in [0, 0.05) is 12.6 Å². The summed E-state index contributed by atoms with van der Waals surface area (Å²) in [5.41, 5.74) is 2.45. The molecule has 0 unspecified atom stereocenters. The van der Waals surface area contributed by atoms with E-state index in [1.807, 2.05) is 59.7 Å². The second kappa shape index (κ2) is 6.48. The Morgan fingerprint density at radius 3 is 2.29 bits per heavy atom. The fraction of sp³-hybridized carbons (Fsp3) is 0.611. The molecule has 0 bridgehead atoms. The summed E-state index contributed by atoms with van der Waals surface area (Å²) in [6, 6.07) is 5.74. The van der Waals surface area contributed by atoms with Gasteiger partial charge in [0.05, 0.1) is 17.8 Å². The lowest BCUT2D eigenvalue weighted by Crippen LogP contribution is -2.64. The van der Waals surface area contributed by atoms with Crippen molar-refractivity contribution in [1.29, 1.82) is 0 Å². The molecule has 0 aromatic heterocycles. The summed E-state index contributed by atoms with van der Waals surface area (Å²) in [6.45, 7) is 12.0. The SMILES string of the molecule is Cc1ccc(CS(=O)(=O)N2CC(=O)N(C(C)C)C(C)(C)C2)cc1C. The van der Waals surface area contributed by atoms with Gasteiger partial charge in [-0.15, -0.1) is 0 Å². The molecule has 1 aliphatic heterocycles. The van der Waals surface area contributed by atoms with Gasteiger partial charge < -0.3 is 4.90 Å². The fourth-order valence-corrected chi connectivity index (χ4v) is 5.11. The van der Waals surface area contributed by atoms with Crippen molar-refractivity contribution < 1.29 is 13.2 Å². The van der Waals surface area contributed by atoms with Gasteiger partial charge in [-0.25, -0.2) is 8.42 Å². The molecule has 5 nitrogen and oxygen atoms in total. The van der Waals surface area contributed by atoms with E-state index in [1.165, 1.54) is 4.31 Å². The molecule has 0 N–H and O–H groups in total. The van der Waals surface area contributed by atoms with Crippen molar-refractivity contribution >= 4 is 15.9 Å². The van der Waals surface area contributed by atoms with E-state index in [0.717, 1.165) is 16.7 Å². The van der Waals surface area contributed by atoms with E-state index < -0.39 is 15.6 Å². The standard InChI is InChI=1S/C18H28N2O3S/c1-13(2)20-17(21)10-19(12-18(20,5)6)24(22,23)11-16-8-7-14(3)15(4)9-16/h7-9,13H,10-12H2,1-6H3. The number of carbonyl (C=O) groups is 1. The van der Waals surface area contributed by atoms with Crippen LogP contribution in [0.25, 0.3) is 0 Å². The Morgan fingerprint density at radius 2 is 1.79 bits per heavy atom. The number of nitrogens with zero attached hydrogens (tertiary/aromatic N) is 2. The van der Waals surface area contributed by atoms with Crippen LogP contribution in [-0.4, -0.2) is 48.2 Å². The van der Waals surface area contributed by atoms with Crippen LogP contribution in [0.2, 0.25) is 0 Å². The summed E-state index contributed by atoms with van der Waals surface area (Å²) >= 11 is 0. The van der Waals surface area contributed by atoms with Gasteiger partial charge in [-0.05, 0) is 58.2 Å². The van der Waals surface area contributed by atoms with Crippen molar-refractivity contribution in [1.82, 2.24) is 9.21 Å². The number of aryl methyl sites for hydroxylation is 2. The second-order valence-electron chi connectivity index (χ2n) is 7.61. The van der Waals surface area contributed by atoms with Crippen LogP contribution in [0.15, 0.2) is 18.2 Å². The minimum atomic E-state index is -3.53. The van der Waals surface area contributed by atoms with Crippen molar-refractivity contribution in [3.63, 3.8) is 0 Å². The van der Waals surface area contributed by atoms with Crippen LogP contribution in [0.1, 0.15) is 44.4 Å². The molecule has 1 amide bonds. The van der Waals surface area contributed by atoms with Gasteiger partial charge >= 0.3 is 0 Å². The number of piperazine rings is 1. The number of hydrogen-bond acceptors (Lipinski definition) is 3. The molecule has 0 spiro atoms. The van der Waals surface area contributed by atoms with Crippen molar-refractivity contribution in [2.75, 3.05) is 13.1 Å². The molecule has 1 heterocycles. The molecule has 24 heavy (non-hydrogen) atoms. The number of carbonyl (C=O) groups excluding carboxylic acids is 1.